The highest BCUT2D eigenvalue weighted by Crippen LogP contribution is 2.01. The van der Waals surface area contributed by atoms with E-state index < -0.39 is 10.8 Å². The fraction of sp³-hybridized carbons (Fsp3) is 1.00. The van der Waals surface area contributed by atoms with Gasteiger partial charge in [0.05, 0.1) is 37.9 Å². The smallest absolute Gasteiger partial charge is 0.131 e. The van der Waals surface area contributed by atoms with Crippen LogP contribution in [0.15, 0.2) is 0 Å². The Balaban J connectivity index is 3.89. The van der Waals surface area contributed by atoms with Crippen molar-refractivity contribution in [2.45, 2.75) is 0 Å². The van der Waals surface area contributed by atoms with Crippen LogP contribution in [0.1, 0.15) is 0 Å². The molecule has 0 aromatic heterocycles. The minimum atomic E-state index is -0.888. The third-order valence-electron chi connectivity index (χ3n) is 2.72. The predicted octanol–water partition coefficient (Wildman–Crippen LogP) is -2.06. The number of hydrogen-bond donors (Lipinski definition) is 4. The summed E-state index contributed by atoms with van der Waals surface area (Å²) in [7, 11) is -0.962. The lowest BCUT2D eigenvalue weighted by Gasteiger charge is -2.08. The number of hydrogen-bond acceptors (Lipinski definition) is 5. The van der Waals surface area contributed by atoms with Gasteiger partial charge in [0.2, 0.25) is 0 Å². The molecular formula is C12H28O5S3+2. The van der Waals surface area contributed by atoms with Gasteiger partial charge in [-0.3, -0.25) is 4.21 Å². The first kappa shape index (κ1) is 20.7. The highest BCUT2D eigenvalue weighted by Gasteiger charge is 2.21. The van der Waals surface area contributed by atoms with Crippen molar-refractivity contribution >= 4 is 32.6 Å². The molecule has 20 heavy (non-hydrogen) atoms. The van der Waals surface area contributed by atoms with E-state index in [1.165, 1.54) is 0 Å². The molecule has 0 aliphatic heterocycles. The molecule has 0 unspecified atom stereocenters. The zero-order valence-electron chi connectivity index (χ0n) is 11.9. The van der Waals surface area contributed by atoms with Crippen LogP contribution in [-0.2, 0) is 32.6 Å². The maximum atomic E-state index is 11.9. The largest absolute Gasteiger partial charge is 0.391 e. The molecule has 0 atom stereocenters. The topological polar surface area (TPSA) is 98.0 Å². The molecular weight excluding hydrogens is 320 g/mol. The first-order valence-electron chi connectivity index (χ1n) is 6.74. The van der Waals surface area contributed by atoms with Crippen LogP contribution in [0.5, 0.6) is 0 Å². The molecule has 0 heterocycles. The molecule has 0 aliphatic rings. The van der Waals surface area contributed by atoms with E-state index in [2.05, 4.69) is 0 Å². The van der Waals surface area contributed by atoms with Crippen molar-refractivity contribution in [1.82, 2.24) is 0 Å². The third-order valence-corrected chi connectivity index (χ3v) is 9.16. The second-order valence-electron chi connectivity index (χ2n) is 4.19. The summed E-state index contributed by atoms with van der Waals surface area (Å²) in [6, 6.07) is 0. The van der Waals surface area contributed by atoms with Crippen molar-refractivity contribution in [2.75, 3.05) is 72.5 Å². The van der Waals surface area contributed by atoms with E-state index >= 15 is 0 Å². The van der Waals surface area contributed by atoms with Crippen molar-refractivity contribution in [2.24, 2.45) is 0 Å². The summed E-state index contributed by atoms with van der Waals surface area (Å²) >= 11 is 0. The Labute approximate surface area is 129 Å². The zero-order chi connectivity index (χ0) is 15.2. The van der Waals surface area contributed by atoms with Crippen LogP contribution in [0.2, 0.25) is 0 Å². The number of aliphatic hydroxyl groups is 4. The highest BCUT2D eigenvalue weighted by molar-refractivity contribution is 7.99. The first-order valence-corrected chi connectivity index (χ1v) is 11.7. The molecule has 0 saturated carbocycles. The normalized spacial score (nSPS) is 11.9. The van der Waals surface area contributed by atoms with E-state index in [-0.39, 0.29) is 48.2 Å². The quantitative estimate of drug-likeness (QED) is 0.271. The van der Waals surface area contributed by atoms with E-state index in [1.807, 2.05) is 0 Å². The second kappa shape index (κ2) is 14.6. The molecule has 0 aromatic carbocycles. The van der Waals surface area contributed by atoms with Gasteiger partial charge in [-0.05, 0) is 21.8 Å². The molecule has 122 valence electrons. The maximum absolute atomic E-state index is 11.9. The van der Waals surface area contributed by atoms with Gasteiger partial charge in [-0.2, -0.15) is 0 Å². The Kier molecular flexibility index (Phi) is 15.1. The van der Waals surface area contributed by atoms with Gasteiger partial charge in [0.15, 0.2) is 0 Å². The van der Waals surface area contributed by atoms with Crippen molar-refractivity contribution in [1.29, 1.82) is 0 Å². The van der Waals surface area contributed by atoms with E-state index in [0.29, 0.717) is 34.5 Å². The second-order valence-corrected chi connectivity index (χ2v) is 10.8. The first-order chi connectivity index (χ1) is 9.67. The van der Waals surface area contributed by atoms with Crippen LogP contribution >= 0.6 is 0 Å². The molecule has 0 amide bonds. The van der Waals surface area contributed by atoms with Crippen molar-refractivity contribution in [3.8, 4) is 0 Å². The fourth-order valence-corrected chi connectivity index (χ4v) is 7.49. The fourth-order valence-electron chi connectivity index (χ4n) is 1.65. The van der Waals surface area contributed by atoms with Gasteiger partial charge in [0.1, 0.15) is 34.5 Å². The summed E-state index contributed by atoms with van der Waals surface area (Å²) < 4.78 is 11.9. The van der Waals surface area contributed by atoms with Crippen molar-refractivity contribution < 1.29 is 24.6 Å². The molecule has 4 N–H and O–H groups in total. The molecule has 8 heteroatoms. The SMILES string of the molecule is O=S(CC[S+](CCO)CCO)CC[S+](CCO)CCO. The van der Waals surface area contributed by atoms with Crippen LogP contribution in [-0.4, -0.2) is 97.1 Å². The van der Waals surface area contributed by atoms with Gasteiger partial charge < -0.3 is 20.4 Å². The highest BCUT2D eigenvalue weighted by atomic mass is 32.2. The molecule has 0 fully saturated rings. The van der Waals surface area contributed by atoms with Gasteiger partial charge >= 0.3 is 0 Å². The van der Waals surface area contributed by atoms with E-state index in [0.717, 1.165) is 11.5 Å². The van der Waals surface area contributed by atoms with Gasteiger partial charge in [-0.1, -0.05) is 0 Å². The van der Waals surface area contributed by atoms with Crippen LogP contribution in [0.3, 0.4) is 0 Å². The molecule has 0 rings (SSSR count). The van der Waals surface area contributed by atoms with Crippen LogP contribution < -0.4 is 0 Å². The summed E-state index contributed by atoms with van der Waals surface area (Å²) in [5.41, 5.74) is 0. The summed E-state index contributed by atoms with van der Waals surface area (Å²) in [6.07, 6.45) is 0. The lowest BCUT2D eigenvalue weighted by atomic mass is 10.9. The summed E-state index contributed by atoms with van der Waals surface area (Å²) in [4.78, 5) is 0. The lowest BCUT2D eigenvalue weighted by molar-refractivity contribution is 0.316. The average Bonchev–Trinajstić information content (AvgIpc) is 2.43. The van der Waals surface area contributed by atoms with Gasteiger partial charge in [-0.25, -0.2) is 0 Å². The summed E-state index contributed by atoms with van der Waals surface area (Å²) in [5.74, 6) is 5.52. The van der Waals surface area contributed by atoms with Crippen LogP contribution in [0, 0.1) is 0 Å². The van der Waals surface area contributed by atoms with Crippen molar-refractivity contribution in [3.05, 3.63) is 0 Å². The molecule has 0 aliphatic carbocycles. The average molecular weight is 349 g/mol. The third kappa shape index (κ3) is 11.4. The van der Waals surface area contributed by atoms with Gasteiger partial charge in [0, 0.05) is 10.8 Å². The Hall–Kier alpha value is 0.690. The molecule has 5 nitrogen and oxygen atoms in total. The van der Waals surface area contributed by atoms with Crippen LogP contribution in [0.25, 0.3) is 0 Å². The Bertz CT molecular complexity index is 209. The van der Waals surface area contributed by atoms with Gasteiger partial charge in [-0.15, -0.1) is 0 Å². The Morgan fingerprint density at radius 1 is 0.600 bits per heavy atom. The van der Waals surface area contributed by atoms with E-state index in [1.54, 1.807) is 0 Å². The minimum Gasteiger partial charge on any atom is -0.391 e. The van der Waals surface area contributed by atoms with E-state index in [4.69, 9.17) is 20.4 Å². The minimum absolute atomic E-state index is 0.0370. The number of aliphatic hydroxyl groups excluding tert-OH is 4. The van der Waals surface area contributed by atoms with Gasteiger partial charge in [0.25, 0.3) is 0 Å². The molecule has 0 bridgehead atoms. The summed E-state index contributed by atoms with van der Waals surface area (Å²) in [5, 5.41) is 35.7. The van der Waals surface area contributed by atoms with E-state index in [9.17, 15) is 4.21 Å². The maximum Gasteiger partial charge on any atom is 0.131 e. The monoisotopic (exact) mass is 348 g/mol. The molecule has 0 spiro atoms. The molecule has 0 saturated heterocycles. The molecule has 0 aromatic rings. The molecule has 0 radical (unpaired) electrons. The van der Waals surface area contributed by atoms with Crippen LogP contribution in [0.4, 0.5) is 0 Å². The standard InChI is InChI=1S/C12H28O5S3/c13-1-5-18(6-2-14)9-11-20(17)12-10-19(7-3-15)8-4-16/h13-16H,1-12H2/q+2. The Morgan fingerprint density at radius 2 is 0.900 bits per heavy atom. The zero-order valence-corrected chi connectivity index (χ0v) is 14.4. The number of rotatable bonds is 14. The van der Waals surface area contributed by atoms with Crippen molar-refractivity contribution in [3.63, 3.8) is 0 Å². The predicted molar refractivity (Wildman–Crippen MR) is 90.2 cm³/mol. The lowest BCUT2D eigenvalue weighted by Crippen LogP contribution is -2.27. The Morgan fingerprint density at radius 3 is 1.15 bits per heavy atom. The summed E-state index contributed by atoms with van der Waals surface area (Å²) in [6.45, 7) is 0.469.